The summed E-state index contributed by atoms with van der Waals surface area (Å²) in [7, 11) is -3.36. The molecular formula is C21H31IN4O2S. The number of sulfonamides is 1. The first-order chi connectivity index (χ1) is 13.4. The first-order valence-corrected chi connectivity index (χ1v) is 11.1. The van der Waals surface area contributed by atoms with E-state index in [0.29, 0.717) is 25.6 Å². The lowest BCUT2D eigenvalue weighted by Crippen LogP contribution is -2.41. The molecule has 0 fully saturated rings. The smallest absolute Gasteiger partial charge is 0.213 e. The van der Waals surface area contributed by atoms with E-state index in [1.807, 2.05) is 37.3 Å². The number of aliphatic imine (C=N–C) groups is 1. The number of nitrogens with one attached hydrogen (secondary N) is 3. The number of guanidine groups is 1. The summed E-state index contributed by atoms with van der Waals surface area (Å²) >= 11 is 0. The molecule has 0 atom stereocenters. The van der Waals surface area contributed by atoms with Crippen LogP contribution in [-0.4, -0.2) is 33.2 Å². The summed E-state index contributed by atoms with van der Waals surface area (Å²) in [5.41, 5.74) is 4.51. The lowest BCUT2D eigenvalue weighted by atomic mass is 10.1. The molecule has 0 saturated carbocycles. The summed E-state index contributed by atoms with van der Waals surface area (Å²) in [5.74, 6) is 0.592. The summed E-state index contributed by atoms with van der Waals surface area (Å²) < 4.78 is 27.0. The van der Waals surface area contributed by atoms with Crippen molar-refractivity contribution in [2.24, 2.45) is 4.99 Å². The van der Waals surface area contributed by atoms with Crippen LogP contribution in [0.25, 0.3) is 0 Å². The lowest BCUT2D eigenvalue weighted by Gasteiger charge is -2.12. The lowest BCUT2D eigenvalue weighted by molar-refractivity contribution is 0.580. The van der Waals surface area contributed by atoms with Gasteiger partial charge in [-0.05, 0) is 37.5 Å². The summed E-state index contributed by atoms with van der Waals surface area (Å²) in [6.45, 7) is 7.94. The molecule has 2 aromatic rings. The van der Waals surface area contributed by atoms with Crippen LogP contribution in [0.4, 0.5) is 0 Å². The zero-order chi connectivity index (χ0) is 20.4. The Morgan fingerprint density at radius 3 is 2.41 bits per heavy atom. The summed E-state index contributed by atoms with van der Waals surface area (Å²) in [6, 6.07) is 15.8. The topological polar surface area (TPSA) is 82.6 Å². The Balaban J connectivity index is 0.00000420. The second-order valence-corrected chi connectivity index (χ2v) is 8.60. The Morgan fingerprint density at radius 2 is 1.76 bits per heavy atom. The molecular weight excluding hydrogens is 499 g/mol. The van der Waals surface area contributed by atoms with Gasteiger partial charge >= 0.3 is 0 Å². The van der Waals surface area contributed by atoms with Crippen LogP contribution in [0.1, 0.15) is 29.2 Å². The largest absolute Gasteiger partial charge is 0.357 e. The van der Waals surface area contributed by atoms with Gasteiger partial charge in [-0.3, -0.25) is 0 Å². The number of hydrogen-bond acceptors (Lipinski definition) is 3. The van der Waals surface area contributed by atoms with Crippen LogP contribution in [0.15, 0.2) is 53.5 Å². The molecule has 29 heavy (non-hydrogen) atoms. The minimum atomic E-state index is -3.36. The number of rotatable bonds is 9. The molecule has 3 N–H and O–H groups in total. The van der Waals surface area contributed by atoms with E-state index < -0.39 is 10.0 Å². The van der Waals surface area contributed by atoms with Gasteiger partial charge in [-0.1, -0.05) is 54.1 Å². The third kappa shape index (κ3) is 9.60. The molecule has 2 rings (SSSR count). The van der Waals surface area contributed by atoms with Crippen LogP contribution < -0.4 is 15.4 Å². The Kier molecular flexibility index (Phi) is 11.2. The maximum atomic E-state index is 12.2. The van der Waals surface area contributed by atoms with E-state index in [-0.39, 0.29) is 36.3 Å². The second kappa shape index (κ2) is 12.8. The average molecular weight is 530 g/mol. The molecule has 0 aliphatic carbocycles. The van der Waals surface area contributed by atoms with Crippen molar-refractivity contribution in [1.82, 2.24) is 15.4 Å². The van der Waals surface area contributed by atoms with E-state index in [1.54, 1.807) is 0 Å². The van der Waals surface area contributed by atoms with Gasteiger partial charge in [0.15, 0.2) is 5.96 Å². The van der Waals surface area contributed by atoms with E-state index >= 15 is 0 Å². The number of benzene rings is 2. The normalized spacial score (nSPS) is 11.6. The van der Waals surface area contributed by atoms with Crippen LogP contribution in [0.2, 0.25) is 0 Å². The van der Waals surface area contributed by atoms with Gasteiger partial charge in [0, 0.05) is 19.6 Å². The second-order valence-electron chi connectivity index (χ2n) is 6.68. The molecule has 160 valence electrons. The quantitative estimate of drug-likeness (QED) is 0.265. The molecule has 0 heterocycles. The highest BCUT2D eigenvalue weighted by Crippen LogP contribution is 2.11. The zero-order valence-corrected chi connectivity index (χ0v) is 20.4. The van der Waals surface area contributed by atoms with Gasteiger partial charge in [0.25, 0.3) is 0 Å². The molecule has 0 aliphatic heterocycles. The molecule has 0 bridgehead atoms. The summed E-state index contributed by atoms with van der Waals surface area (Å²) in [6.07, 6.45) is 0. The van der Waals surface area contributed by atoms with Crippen molar-refractivity contribution in [3.05, 3.63) is 70.8 Å². The van der Waals surface area contributed by atoms with E-state index in [4.69, 9.17) is 0 Å². The monoisotopic (exact) mass is 530 g/mol. The van der Waals surface area contributed by atoms with Crippen molar-refractivity contribution in [1.29, 1.82) is 0 Å². The Labute approximate surface area is 191 Å². The summed E-state index contributed by atoms with van der Waals surface area (Å²) in [5, 5.41) is 6.25. The predicted octanol–water partition coefficient (Wildman–Crippen LogP) is 3.10. The maximum Gasteiger partial charge on any atom is 0.213 e. The zero-order valence-electron chi connectivity index (χ0n) is 17.2. The molecule has 6 nitrogen and oxygen atoms in total. The minimum absolute atomic E-state index is 0. The van der Waals surface area contributed by atoms with Crippen LogP contribution in [0.5, 0.6) is 0 Å². The number of halogens is 1. The van der Waals surface area contributed by atoms with Crippen LogP contribution in [0, 0.1) is 13.8 Å². The van der Waals surface area contributed by atoms with Gasteiger partial charge in [0.1, 0.15) is 0 Å². The fourth-order valence-electron chi connectivity index (χ4n) is 2.69. The van der Waals surface area contributed by atoms with Crippen LogP contribution in [0.3, 0.4) is 0 Å². The molecule has 2 aromatic carbocycles. The Bertz CT molecular complexity index is 887. The standard InChI is InChI=1S/C21H30N4O2S.HI/c1-4-22-21(24-16-20-11-10-17(2)14-18(20)3)23-12-13-28(26,27)25-15-19-8-6-5-7-9-19;/h5-11,14,25H,4,12-13,15-16H2,1-3H3,(H2,22,23,24);1H. The van der Waals surface area contributed by atoms with Gasteiger partial charge in [0.2, 0.25) is 10.0 Å². The molecule has 0 unspecified atom stereocenters. The van der Waals surface area contributed by atoms with Crippen molar-refractivity contribution in [2.75, 3.05) is 18.8 Å². The first kappa shape index (κ1) is 25.4. The summed E-state index contributed by atoms with van der Waals surface area (Å²) in [4.78, 5) is 4.57. The van der Waals surface area contributed by atoms with Crippen LogP contribution in [-0.2, 0) is 23.1 Å². The number of hydrogen-bond donors (Lipinski definition) is 3. The third-order valence-corrected chi connectivity index (χ3v) is 5.58. The van der Waals surface area contributed by atoms with Gasteiger partial charge in [-0.15, -0.1) is 24.0 Å². The molecule has 8 heteroatoms. The van der Waals surface area contributed by atoms with Gasteiger partial charge in [0.05, 0.1) is 12.3 Å². The van der Waals surface area contributed by atoms with E-state index in [0.717, 1.165) is 11.1 Å². The highest BCUT2D eigenvalue weighted by molar-refractivity contribution is 14.0. The fourth-order valence-corrected chi connectivity index (χ4v) is 3.60. The van der Waals surface area contributed by atoms with Crippen LogP contribution >= 0.6 is 24.0 Å². The predicted molar refractivity (Wildman–Crippen MR) is 131 cm³/mol. The van der Waals surface area contributed by atoms with Crippen molar-refractivity contribution in [2.45, 2.75) is 33.9 Å². The fraction of sp³-hybridized carbons (Fsp3) is 0.381. The van der Waals surface area contributed by atoms with E-state index in [2.05, 4.69) is 52.4 Å². The van der Waals surface area contributed by atoms with E-state index in [1.165, 1.54) is 11.1 Å². The maximum absolute atomic E-state index is 12.2. The molecule has 0 radical (unpaired) electrons. The molecule has 0 amide bonds. The molecule has 0 aromatic heterocycles. The van der Waals surface area contributed by atoms with Gasteiger partial charge in [-0.2, -0.15) is 0 Å². The Morgan fingerprint density at radius 1 is 1.03 bits per heavy atom. The average Bonchev–Trinajstić information content (AvgIpc) is 2.66. The third-order valence-electron chi connectivity index (χ3n) is 4.25. The highest BCUT2D eigenvalue weighted by Gasteiger charge is 2.10. The first-order valence-electron chi connectivity index (χ1n) is 9.49. The van der Waals surface area contributed by atoms with Crippen molar-refractivity contribution >= 4 is 40.0 Å². The minimum Gasteiger partial charge on any atom is -0.357 e. The SMILES string of the molecule is CCNC(=NCc1ccc(C)cc1C)NCCS(=O)(=O)NCc1ccccc1.I. The molecule has 0 spiro atoms. The van der Waals surface area contributed by atoms with Crippen molar-refractivity contribution in [3.63, 3.8) is 0 Å². The number of aryl methyl sites for hydroxylation is 2. The molecule has 0 saturated heterocycles. The van der Waals surface area contributed by atoms with Gasteiger partial charge in [-0.25, -0.2) is 18.1 Å². The van der Waals surface area contributed by atoms with Crippen molar-refractivity contribution in [3.8, 4) is 0 Å². The highest BCUT2D eigenvalue weighted by atomic mass is 127. The van der Waals surface area contributed by atoms with Crippen molar-refractivity contribution < 1.29 is 8.42 Å². The number of nitrogens with zero attached hydrogens (tertiary/aromatic N) is 1. The van der Waals surface area contributed by atoms with Gasteiger partial charge < -0.3 is 10.6 Å². The Hall–Kier alpha value is -1.65. The van der Waals surface area contributed by atoms with E-state index in [9.17, 15) is 8.42 Å². The molecule has 0 aliphatic rings.